The predicted molar refractivity (Wildman–Crippen MR) is 169 cm³/mol. The van der Waals surface area contributed by atoms with Gasteiger partial charge in [0.05, 0.1) is 18.6 Å². The van der Waals surface area contributed by atoms with Crippen molar-refractivity contribution in [2.24, 2.45) is 52.3 Å². The lowest BCUT2D eigenvalue weighted by atomic mass is 9.43. The summed E-state index contributed by atoms with van der Waals surface area (Å²) in [5, 5.41) is 5.28. The monoisotopic (exact) mass is 720 g/mol. The van der Waals surface area contributed by atoms with Crippen LogP contribution in [-0.4, -0.2) is 71.8 Å². The minimum atomic E-state index is -5.96. The van der Waals surface area contributed by atoms with E-state index in [4.69, 9.17) is 14.0 Å². The van der Waals surface area contributed by atoms with Crippen molar-refractivity contribution >= 4 is 33.6 Å². The highest BCUT2D eigenvalue weighted by molar-refractivity contribution is 7.86. The zero-order chi connectivity index (χ0) is 36.1. The lowest BCUT2D eigenvalue weighted by molar-refractivity contribution is -0.168. The quantitative estimate of drug-likeness (QED) is 0.202. The zero-order valence-electron chi connectivity index (χ0n) is 28.6. The van der Waals surface area contributed by atoms with E-state index in [9.17, 15) is 45.9 Å². The lowest BCUT2D eigenvalue weighted by Crippen LogP contribution is -2.60. The van der Waals surface area contributed by atoms with Crippen molar-refractivity contribution in [3.8, 4) is 0 Å². The van der Waals surface area contributed by atoms with Gasteiger partial charge in [-0.3, -0.25) is 23.7 Å². The molecule has 5 aliphatic carbocycles. The molecule has 14 heteroatoms. The third kappa shape index (κ3) is 7.21. The van der Waals surface area contributed by atoms with E-state index in [2.05, 4.69) is 6.92 Å². The maximum Gasteiger partial charge on any atom is 0.400 e. The number of esters is 2. The molecule has 0 heterocycles. The number of hydrogen-bond donors (Lipinski definition) is 2. The number of carbonyl (C=O) groups excluding carboxylic acids is 4. The second kappa shape index (κ2) is 14.2. The second-order valence-corrected chi connectivity index (χ2v) is 17.6. The van der Waals surface area contributed by atoms with Crippen molar-refractivity contribution in [2.75, 3.05) is 6.61 Å². The first-order valence-electron chi connectivity index (χ1n) is 17.9. The topological polar surface area (TPSA) is 161 Å². The Morgan fingerprint density at radius 1 is 1.02 bits per heavy atom. The molecule has 0 aliphatic heterocycles. The van der Waals surface area contributed by atoms with Crippen LogP contribution in [-0.2, 0) is 38.8 Å². The predicted octanol–water partition coefficient (Wildman–Crippen LogP) is 5.63. The molecule has 0 aromatic rings. The number of halogens is 3. The van der Waals surface area contributed by atoms with Crippen molar-refractivity contribution in [1.82, 2.24) is 0 Å². The van der Waals surface area contributed by atoms with Gasteiger partial charge in [-0.15, -0.1) is 0 Å². The number of Topliss-reactive ketones (excluding diaryl/α,β-unsaturated/α-hetero) is 2. The van der Waals surface area contributed by atoms with Gasteiger partial charge in [-0.2, -0.15) is 17.2 Å². The molecule has 49 heavy (non-hydrogen) atoms. The van der Waals surface area contributed by atoms with E-state index in [1.807, 2.05) is 13.8 Å². The third-order valence-corrected chi connectivity index (χ3v) is 14.4. The van der Waals surface area contributed by atoms with E-state index in [-0.39, 0.29) is 71.4 Å². The van der Waals surface area contributed by atoms with Gasteiger partial charge < -0.3 is 14.6 Å². The maximum absolute atomic E-state index is 14.0. The van der Waals surface area contributed by atoms with Crippen LogP contribution >= 0.6 is 0 Å². The molecule has 2 N–H and O–H groups in total. The van der Waals surface area contributed by atoms with Crippen LogP contribution in [0.2, 0.25) is 0 Å². The smallest absolute Gasteiger partial charge is 0.400 e. The van der Waals surface area contributed by atoms with Crippen LogP contribution in [0.1, 0.15) is 111 Å². The van der Waals surface area contributed by atoms with Crippen LogP contribution < -0.4 is 0 Å². The number of aliphatic hydroxyl groups excluding tert-OH is 1. The molecule has 278 valence electrons. The number of fused-ring (bicyclic) bond motifs is 5. The summed E-state index contributed by atoms with van der Waals surface area (Å²) in [6, 6.07) is 0. The van der Waals surface area contributed by atoms with Crippen LogP contribution in [0.3, 0.4) is 0 Å². The second-order valence-electron chi connectivity index (χ2n) is 16.1. The highest BCUT2D eigenvalue weighted by atomic mass is 32.2. The Kier molecular flexibility index (Phi) is 11.0. The summed E-state index contributed by atoms with van der Waals surface area (Å²) < 4.78 is 81.0. The first-order valence-corrected chi connectivity index (χ1v) is 19.3. The van der Waals surface area contributed by atoms with Crippen LogP contribution in [0.15, 0.2) is 0 Å². The number of ether oxygens (including phenoxy) is 2. The maximum atomic E-state index is 14.0. The average Bonchev–Trinajstić information content (AvgIpc) is 3.39. The largest absolute Gasteiger partial charge is 0.465 e. The molecule has 0 aromatic heterocycles. The summed E-state index contributed by atoms with van der Waals surface area (Å²) in [7, 11) is -5.96. The van der Waals surface area contributed by atoms with Crippen molar-refractivity contribution in [3.05, 3.63) is 0 Å². The van der Waals surface area contributed by atoms with Crippen LogP contribution in [0.5, 0.6) is 0 Å². The van der Waals surface area contributed by atoms with E-state index in [0.717, 1.165) is 19.3 Å². The molecule has 5 aliphatic rings. The SMILES string of the molecule is C[C@H](CCC(=O)OC1CCCC(C(=O)OCCC(F)C(F)(F)S(=O)(=O)O)C1)[C@H]1CC[C@H]2[C@@H]3C(=O)C[C@@H]4CC(O)CC[C@]4(C)[C@H]3CC(=O)[C@]12C. The van der Waals surface area contributed by atoms with Crippen molar-refractivity contribution in [3.63, 3.8) is 0 Å². The molecule has 0 bridgehead atoms. The first-order chi connectivity index (χ1) is 22.8. The third-order valence-electron chi connectivity index (χ3n) is 13.4. The van der Waals surface area contributed by atoms with Crippen molar-refractivity contribution < 1.29 is 59.9 Å². The summed E-state index contributed by atoms with van der Waals surface area (Å²) in [6.07, 6.45) is 1.47. The average molecular weight is 721 g/mol. The lowest BCUT2D eigenvalue weighted by Gasteiger charge is -2.59. The molecule has 5 fully saturated rings. The minimum Gasteiger partial charge on any atom is -0.465 e. The Morgan fingerprint density at radius 3 is 2.43 bits per heavy atom. The molecule has 5 rings (SSSR count). The van der Waals surface area contributed by atoms with Crippen LogP contribution in [0.25, 0.3) is 0 Å². The molecule has 0 spiro atoms. The Bertz CT molecular complexity index is 1410. The summed E-state index contributed by atoms with van der Waals surface area (Å²) in [6.45, 7) is 5.49. The highest BCUT2D eigenvalue weighted by Gasteiger charge is 2.66. The molecule has 12 atom stereocenters. The Hall–Kier alpha value is -2.06. The van der Waals surface area contributed by atoms with Crippen LogP contribution in [0.4, 0.5) is 13.2 Å². The van der Waals surface area contributed by atoms with Gasteiger partial charge in [-0.1, -0.05) is 20.8 Å². The van der Waals surface area contributed by atoms with Gasteiger partial charge in [0.15, 0.2) is 6.17 Å². The first kappa shape index (κ1) is 38.2. The Labute approximate surface area is 286 Å². The zero-order valence-corrected chi connectivity index (χ0v) is 29.4. The number of aliphatic hydroxyl groups is 1. The molecule has 0 aromatic carbocycles. The van der Waals surface area contributed by atoms with E-state index < -0.39 is 63.9 Å². The molecule has 0 saturated heterocycles. The van der Waals surface area contributed by atoms with E-state index in [1.54, 1.807) is 0 Å². The van der Waals surface area contributed by atoms with Gasteiger partial charge in [0.2, 0.25) is 0 Å². The van der Waals surface area contributed by atoms with Gasteiger partial charge >= 0.3 is 27.3 Å². The molecular weight excluding hydrogens is 669 g/mol. The van der Waals surface area contributed by atoms with Gasteiger partial charge in [-0.05, 0) is 99.2 Å². The number of ketones is 2. The van der Waals surface area contributed by atoms with E-state index in [0.29, 0.717) is 51.4 Å². The summed E-state index contributed by atoms with van der Waals surface area (Å²) in [5.41, 5.74) is -0.767. The van der Waals surface area contributed by atoms with Gasteiger partial charge in [0.1, 0.15) is 17.7 Å². The Balaban J connectivity index is 1.11. The van der Waals surface area contributed by atoms with E-state index in [1.165, 1.54) is 0 Å². The highest BCUT2D eigenvalue weighted by Crippen LogP contribution is 2.66. The molecule has 10 nitrogen and oxygen atoms in total. The molecule has 5 saturated carbocycles. The number of alkyl halides is 3. The van der Waals surface area contributed by atoms with Gasteiger partial charge in [-0.25, -0.2) is 4.39 Å². The number of carbonyl (C=O) groups is 4. The summed E-state index contributed by atoms with van der Waals surface area (Å²) >= 11 is 0. The summed E-state index contributed by atoms with van der Waals surface area (Å²) in [4.78, 5) is 53.1. The molecular formula is C35H51F3O10S. The fourth-order valence-corrected chi connectivity index (χ4v) is 11.0. The molecule has 4 unspecified atom stereocenters. The van der Waals surface area contributed by atoms with Crippen molar-refractivity contribution in [1.29, 1.82) is 0 Å². The standard InChI is InChI=1S/C35H51F3O10S/c1-19(7-10-30(42)48-23-6-4-5-20(15-23)32(43)47-14-12-28(36)35(37,38)49(44,45)46)24-8-9-25-31-26(18-29(41)34(24,25)3)33(2)13-11-22(39)16-21(33)17-27(31)40/h19-26,28,31,39H,4-18H2,1-3H3,(H,44,45,46)/t19-,20?,21+,22?,23?,24-,25+,26+,28?,31+,33+,34-/m1/s1. The Morgan fingerprint density at radius 2 is 1.73 bits per heavy atom. The fourth-order valence-electron chi connectivity index (χ4n) is 10.5. The normalized spacial score (nSPS) is 39.3. The van der Waals surface area contributed by atoms with Gasteiger partial charge in [0, 0.05) is 37.0 Å². The summed E-state index contributed by atoms with van der Waals surface area (Å²) in [5.74, 6) is -1.48. The van der Waals surface area contributed by atoms with E-state index >= 15 is 0 Å². The fraction of sp³-hybridized carbons (Fsp3) is 0.886. The molecule has 0 amide bonds. The van der Waals surface area contributed by atoms with Crippen molar-refractivity contribution in [2.45, 2.75) is 134 Å². The minimum absolute atomic E-state index is 0.00732. The molecule has 0 radical (unpaired) electrons. The van der Waals surface area contributed by atoms with Gasteiger partial charge in [0.25, 0.3) is 0 Å². The number of hydrogen-bond acceptors (Lipinski definition) is 9. The van der Waals surface area contributed by atoms with Crippen LogP contribution in [0, 0.1) is 52.3 Å². The number of rotatable bonds is 11.